The summed E-state index contributed by atoms with van der Waals surface area (Å²) >= 11 is 0. The topological polar surface area (TPSA) is 86.5 Å². The van der Waals surface area contributed by atoms with Crippen molar-refractivity contribution in [3.05, 3.63) is 70.8 Å². The number of Topliss-reactive ketones (excluding diaryl/α,β-unsaturated/α-hetero) is 1. The van der Waals surface area contributed by atoms with Gasteiger partial charge in [-0.05, 0) is 43.5 Å². The molecule has 1 aromatic rings. The summed E-state index contributed by atoms with van der Waals surface area (Å²) < 4.78 is 4.88. The first-order chi connectivity index (χ1) is 12.4. The predicted octanol–water partition coefficient (Wildman–Crippen LogP) is 3.29. The van der Waals surface area contributed by atoms with Crippen LogP contribution in [0.1, 0.15) is 45.5 Å². The Hall–Kier alpha value is -2.95. The van der Waals surface area contributed by atoms with Gasteiger partial charge in [0, 0.05) is 17.5 Å². The van der Waals surface area contributed by atoms with E-state index in [0.29, 0.717) is 12.0 Å². The summed E-state index contributed by atoms with van der Waals surface area (Å²) in [6.07, 6.45) is 11.0. The van der Waals surface area contributed by atoms with E-state index in [1.54, 1.807) is 19.1 Å². The molecule has 2 rings (SSSR count). The zero-order valence-electron chi connectivity index (χ0n) is 15.0. The number of hydrogen-bond donors (Lipinski definition) is 1. The third-order valence-electron chi connectivity index (χ3n) is 4.21. The number of amides is 1. The third-order valence-corrected chi connectivity index (χ3v) is 4.21. The van der Waals surface area contributed by atoms with Crippen LogP contribution in [0.3, 0.4) is 0 Å². The molecular weight excluding hydrogens is 330 g/mol. The molecule has 1 aliphatic rings. The first-order valence-electron chi connectivity index (χ1n) is 8.45. The lowest BCUT2D eigenvalue weighted by Crippen LogP contribution is -2.21. The number of carbonyl (C=O) groups is 3. The highest BCUT2D eigenvalue weighted by Crippen LogP contribution is 2.23. The number of aryl methyl sites for hydroxylation is 1. The molecule has 5 nitrogen and oxygen atoms in total. The molecule has 0 aromatic heterocycles. The van der Waals surface area contributed by atoms with Gasteiger partial charge in [0.25, 0.3) is 0 Å². The molecule has 0 spiro atoms. The quantitative estimate of drug-likeness (QED) is 0.602. The minimum Gasteiger partial charge on any atom is -0.469 e. The Bertz CT molecular complexity index is 802. The number of ketones is 1. The van der Waals surface area contributed by atoms with E-state index in [4.69, 9.17) is 10.5 Å². The van der Waals surface area contributed by atoms with E-state index in [1.807, 2.05) is 30.4 Å². The maximum Gasteiger partial charge on any atom is 0.309 e. The smallest absolute Gasteiger partial charge is 0.309 e. The second kappa shape index (κ2) is 8.94. The van der Waals surface area contributed by atoms with E-state index < -0.39 is 17.8 Å². The number of carbonyl (C=O) groups excluding carboxylic acids is 3. The van der Waals surface area contributed by atoms with Crippen molar-refractivity contribution in [3.8, 4) is 0 Å². The molecule has 0 bridgehead atoms. The molecule has 1 amide bonds. The normalized spacial score (nSPS) is 14.3. The highest BCUT2D eigenvalue weighted by Gasteiger charge is 2.24. The van der Waals surface area contributed by atoms with E-state index in [-0.39, 0.29) is 17.8 Å². The monoisotopic (exact) mass is 353 g/mol. The number of nitrogens with two attached hydrogens (primary N) is 1. The van der Waals surface area contributed by atoms with E-state index in [9.17, 15) is 14.4 Å². The van der Waals surface area contributed by atoms with Crippen molar-refractivity contribution in [1.29, 1.82) is 0 Å². The predicted molar refractivity (Wildman–Crippen MR) is 99.7 cm³/mol. The van der Waals surface area contributed by atoms with Crippen LogP contribution in [0.15, 0.2) is 54.2 Å². The molecule has 1 atom stereocenters. The lowest BCUT2D eigenvalue weighted by Gasteiger charge is -2.15. The maximum absolute atomic E-state index is 12.7. The summed E-state index contributed by atoms with van der Waals surface area (Å²) in [6, 6.07) is 4.80. The third kappa shape index (κ3) is 5.28. The van der Waals surface area contributed by atoms with Crippen LogP contribution in [0.4, 0.5) is 0 Å². The van der Waals surface area contributed by atoms with Gasteiger partial charge in [-0.25, -0.2) is 0 Å². The Labute approximate surface area is 153 Å². The van der Waals surface area contributed by atoms with Gasteiger partial charge in [-0.2, -0.15) is 0 Å². The molecule has 1 aliphatic carbocycles. The zero-order chi connectivity index (χ0) is 19.1. The summed E-state index contributed by atoms with van der Waals surface area (Å²) in [5, 5.41) is 0. The van der Waals surface area contributed by atoms with Crippen LogP contribution < -0.4 is 5.73 Å². The largest absolute Gasteiger partial charge is 0.469 e. The average molecular weight is 353 g/mol. The molecule has 0 radical (unpaired) electrons. The van der Waals surface area contributed by atoms with E-state index in [1.165, 1.54) is 13.2 Å². The average Bonchev–Trinajstić information content (AvgIpc) is 2.88. The maximum atomic E-state index is 12.7. The van der Waals surface area contributed by atoms with Gasteiger partial charge in [0.05, 0.1) is 13.0 Å². The summed E-state index contributed by atoms with van der Waals surface area (Å²) in [4.78, 5) is 36.3. The Morgan fingerprint density at radius 2 is 1.88 bits per heavy atom. The molecule has 0 unspecified atom stereocenters. The van der Waals surface area contributed by atoms with Crippen molar-refractivity contribution in [2.75, 3.05) is 7.11 Å². The van der Waals surface area contributed by atoms with Gasteiger partial charge in [-0.1, -0.05) is 36.0 Å². The van der Waals surface area contributed by atoms with Crippen molar-refractivity contribution in [3.63, 3.8) is 0 Å². The van der Waals surface area contributed by atoms with Gasteiger partial charge in [-0.15, -0.1) is 0 Å². The van der Waals surface area contributed by atoms with Gasteiger partial charge in [0.2, 0.25) is 5.91 Å². The Balaban J connectivity index is 2.20. The molecule has 5 heteroatoms. The van der Waals surface area contributed by atoms with E-state index in [0.717, 1.165) is 17.6 Å². The van der Waals surface area contributed by atoms with Crippen LogP contribution in [-0.2, 0) is 9.53 Å². The van der Waals surface area contributed by atoms with Crippen molar-refractivity contribution < 1.29 is 19.1 Å². The first-order valence-corrected chi connectivity index (χ1v) is 8.45. The number of ether oxygens (including phenoxy) is 1. The molecule has 0 aliphatic heterocycles. The van der Waals surface area contributed by atoms with Crippen molar-refractivity contribution in [1.82, 2.24) is 0 Å². The summed E-state index contributed by atoms with van der Waals surface area (Å²) in [5.41, 5.74) is 7.72. The summed E-state index contributed by atoms with van der Waals surface area (Å²) in [6.45, 7) is 1.79. The molecule has 0 saturated heterocycles. The Kier molecular flexibility index (Phi) is 6.67. The Morgan fingerprint density at radius 1 is 1.15 bits per heavy atom. The highest BCUT2D eigenvalue weighted by molar-refractivity contribution is 6.01. The second-order valence-electron chi connectivity index (χ2n) is 6.31. The van der Waals surface area contributed by atoms with E-state index in [2.05, 4.69) is 0 Å². The van der Waals surface area contributed by atoms with Gasteiger partial charge in [0.1, 0.15) is 0 Å². The summed E-state index contributed by atoms with van der Waals surface area (Å²) in [5.74, 6) is -1.82. The van der Waals surface area contributed by atoms with Crippen LogP contribution in [0.2, 0.25) is 0 Å². The van der Waals surface area contributed by atoms with Gasteiger partial charge < -0.3 is 10.5 Å². The van der Waals surface area contributed by atoms with Crippen molar-refractivity contribution in [2.24, 2.45) is 11.7 Å². The minimum atomic E-state index is -0.589. The first kappa shape index (κ1) is 19.4. The SMILES string of the molecule is COC(=O)[C@@H](CC(=O)c1cc(C)cc(C(N)=O)c1)CC1=CCC=CC=C1. The summed E-state index contributed by atoms with van der Waals surface area (Å²) in [7, 11) is 1.32. The van der Waals surface area contributed by atoms with Crippen LogP contribution in [0.25, 0.3) is 0 Å². The molecule has 2 N–H and O–H groups in total. The fraction of sp³-hybridized carbons (Fsp3) is 0.286. The number of hydrogen-bond acceptors (Lipinski definition) is 4. The second-order valence-corrected chi connectivity index (χ2v) is 6.31. The van der Waals surface area contributed by atoms with Crippen LogP contribution >= 0.6 is 0 Å². The minimum absolute atomic E-state index is 0.00688. The molecule has 26 heavy (non-hydrogen) atoms. The number of allylic oxidation sites excluding steroid dienone is 6. The lowest BCUT2D eigenvalue weighted by molar-refractivity contribution is -0.145. The van der Waals surface area contributed by atoms with Crippen LogP contribution in [-0.4, -0.2) is 24.8 Å². The zero-order valence-corrected chi connectivity index (χ0v) is 15.0. The fourth-order valence-corrected chi connectivity index (χ4v) is 2.89. The molecule has 0 fully saturated rings. The molecule has 1 aromatic carbocycles. The Morgan fingerprint density at radius 3 is 2.58 bits per heavy atom. The van der Waals surface area contributed by atoms with E-state index >= 15 is 0 Å². The standard InChI is InChI=1S/C21H23NO4/c1-14-9-16(12-17(10-14)20(22)24)19(23)13-18(21(25)26-2)11-15-7-5-3-4-6-8-15/h3-5,7-10,12,18H,6,11,13H2,1-2H3,(H2,22,24)/t18-/m1/s1. The fourth-order valence-electron chi connectivity index (χ4n) is 2.89. The molecular formula is C21H23NO4. The van der Waals surface area contributed by atoms with Crippen LogP contribution in [0.5, 0.6) is 0 Å². The van der Waals surface area contributed by atoms with Crippen molar-refractivity contribution >= 4 is 17.7 Å². The number of esters is 1. The van der Waals surface area contributed by atoms with Gasteiger partial charge >= 0.3 is 5.97 Å². The lowest BCUT2D eigenvalue weighted by atomic mass is 9.90. The number of benzene rings is 1. The van der Waals surface area contributed by atoms with Gasteiger partial charge in [0.15, 0.2) is 5.78 Å². The molecule has 136 valence electrons. The molecule has 0 heterocycles. The number of rotatable bonds is 7. The van der Waals surface area contributed by atoms with Crippen molar-refractivity contribution in [2.45, 2.75) is 26.2 Å². The highest BCUT2D eigenvalue weighted by atomic mass is 16.5. The van der Waals surface area contributed by atoms with Gasteiger partial charge in [-0.3, -0.25) is 14.4 Å². The molecule has 0 saturated carbocycles. The van der Waals surface area contributed by atoms with Crippen LogP contribution in [0, 0.1) is 12.8 Å². The number of methoxy groups -OCH3 is 1. The number of primary amides is 1.